The number of anilines is 1. The van der Waals surface area contributed by atoms with Crippen molar-refractivity contribution in [2.45, 2.75) is 6.42 Å². The average molecular weight is 350 g/mol. The second-order valence-corrected chi connectivity index (χ2v) is 5.34. The zero-order valence-corrected chi connectivity index (χ0v) is 13.4. The quantitative estimate of drug-likeness (QED) is 0.896. The number of rotatable bonds is 5. The molecule has 4 nitrogen and oxygen atoms in total. The van der Waals surface area contributed by atoms with Gasteiger partial charge in [0.05, 0.1) is 26.3 Å². The molecule has 0 saturated carbocycles. The zero-order chi connectivity index (χ0) is 15.2. The topological polar surface area (TPSA) is 47.6 Å². The van der Waals surface area contributed by atoms with Gasteiger partial charge in [-0.05, 0) is 35.9 Å². The first-order valence-electron chi connectivity index (χ1n) is 6.38. The highest BCUT2D eigenvalue weighted by Crippen LogP contribution is 2.28. The van der Waals surface area contributed by atoms with Crippen molar-refractivity contribution in [3.05, 3.63) is 52.5 Å². The van der Waals surface area contributed by atoms with E-state index in [0.29, 0.717) is 11.4 Å². The molecule has 1 amide bonds. The molecule has 0 aromatic heterocycles. The highest BCUT2D eigenvalue weighted by atomic mass is 79.9. The SMILES string of the molecule is COc1cccc(CC(=O)Nc2cc(Br)ccc2OC)c1. The monoisotopic (exact) mass is 349 g/mol. The molecular weight excluding hydrogens is 334 g/mol. The minimum absolute atomic E-state index is 0.111. The Hall–Kier alpha value is -2.01. The fourth-order valence-corrected chi connectivity index (χ4v) is 2.30. The Labute approximate surface area is 132 Å². The number of carbonyl (C=O) groups excluding carboxylic acids is 1. The molecule has 0 aliphatic rings. The van der Waals surface area contributed by atoms with Gasteiger partial charge in [-0.25, -0.2) is 0 Å². The van der Waals surface area contributed by atoms with Crippen LogP contribution in [0.25, 0.3) is 0 Å². The summed E-state index contributed by atoms with van der Waals surface area (Å²) < 4.78 is 11.3. The molecule has 0 bridgehead atoms. The van der Waals surface area contributed by atoms with E-state index in [2.05, 4.69) is 21.2 Å². The number of carbonyl (C=O) groups is 1. The molecule has 1 N–H and O–H groups in total. The molecule has 0 heterocycles. The van der Waals surface area contributed by atoms with Gasteiger partial charge in [-0.3, -0.25) is 4.79 Å². The van der Waals surface area contributed by atoms with Crippen molar-refractivity contribution in [2.24, 2.45) is 0 Å². The molecule has 0 aliphatic heterocycles. The molecule has 2 aromatic rings. The van der Waals surface area contributed by atoms with E-state index in [4.69, 9.17) is 9.47 Å². The van der Waals surface area contributed by atoms with E-state index >= 15 is 0 Å². The minimum Gasteiger partial charge on any atom is -0.497 e. The van der Waals surface area contributed by atoms with E-state index in [9.17, 15) is 4.79 Å². The normalized spacial score (nSPS) is 10.0. The number of hydrogen-bond acceptors (Lipinski definition) is 3. The van der Waals surface area contributed by atoms with E-state index in [1.165, 1.54) is 0 Å². The molecule has 5 heteroatoms. The summed E-state index contributed by atoms with van der Waals surface area (Å²) in [6.07, 6.45) is 0.271. The molecule has 2 rings (SSSR count). The minimum atomic E-state index is -0.111. The summed E-state index contributed by atoms with van der Waals surface area (Å²) in [5.74, 6) is 1.25. The van der Waals surface area contributed by atoms with Crippen LogP contribution in [-0.4, -0.2) is 20.1 Å². The lowest BCUT2D eigenvalue weighted by molar-refractivity contribution is -0.115. The van der Waals surface area contributed by atoms with Gasteiger partial charge in [0.2, 0.25) is 5.91 Å². The maximum Gasteiger partial charge on any atom is 0.228 e. The Bertz CT molecular complexity index is 643. The Morgan fingerprint density at radius 3 is 2.67 bits per heavy atom. The van der Waals surface area contributed by atoms with Gasteiger partial charge in [0.1, 0.15) is 11.5 Å². The van der Waals surface area contributed by atoms with Crippen LogP contribution in [0.1, 0.15) is 5.56 Å². The summed E-state index contributed by atoms with van der Waals surface area (Å²) in [4.78, 5) is 12.1. The lowest BCUT2D eigenvalue weighted by Crippen LogP contribution is -2.15. The second kappa shape index (κ2) is 7.13. The van der Waals surface area contributed by atoms with Gasteiger partial charge < -0.3 is 14.8 Å². The van der Waals surface area contributed by atoms with Gasteiger partial charge >= 0.3 is 0 Å². The maximum atomic E-state index is 12.1. The van der Waals surface area contributed by atoms with Crippen molar-refractivity contribution < 1.29 is 14.3 Å². The van der Waals surface area contributed by atoms with Crippen molar-refractivity contribution in [3.8, 4) is 11.5 Å². The van der Waals surface area contributed by atoms with E-state index in [1.807, 2.05) is 36.4 Å². The van der Waals surface area contributed by atoms with Gasteiger partial charge in [0.25, 0.3) is 0 Å². The van der Waals surface area contributed by atoms with Crippen molar-refractivity contribution in [2.75, 3.05) is 19.5 Å². The Balaban J connectivity index is 2.09. The van der Waals surface area contributed by atoms with Crippen LogP contribution in [-0.2, 0) is 11.2 Å². The van der Waals surface area contributed by atoms with Gasteiger partial charge in [-0.15, -0.1) is 0 Å². The third kappa shape index (κ3) is 4.23. The predicted octanol–water partition coefficient (Wildman–Crippen LogP) is 3.65. The fourth-order valence-electron chi connectivity index (χ4n) is 1.94. The molecule has 0 atom stereocenters. The van der Waals surface area contributed by atoms with E-state index in [0.717, 1.165) is 15.8 Å². The molecule has 0 unspecified atom stereocenters. The van der Waals surface area contributed by atoms with Crippen molar-refractivity contribution in [1.29, 1.82) is 0 Å². The maximum absolute atomic E-state index is 12.1. The molecule has 0 spiro atoms. The number of benzene rings is 2. The number of amides is 1. The van der Waals surface area contributed by atoms with Crippen molar-refractivity contribution >= 4 is 27.5 Å². The summed E-state index contributed by atoms with van der Waals surface area (Å²) in [6.45, 7) is 0. The average Bonchev–Trinajstić information content (AvgIpc) is 2.47. The van der Waals surface area contributed by atoms with Crippen LogP contribution >= 0.6 is 15.9 Å². The number of halogens is 1. The number of nitrogens with one attached hydrogen (secondary N) is 1. The summed E-state index contributed by atoms with van der Waals surface area (Å²) in [7, 11) is 3.17. The van der Waals surface area contributed by atoms with Gasteiger partial charge in [-0.1, -0.05) is 28.1 Å². The Kier molecular flexibility index (Phi) is 5.22. The molecule has 21 heavy (non-hydrogen) atoms. The van der Waals surface area contributed by atoms with Crippen LogP contribution in [0, 0.1) is 0 Å². The molecule has 0 aliphatic carbocycles. The first kappa shape index (κ1) is 15.4. The standard InChI is InChI=1S/C16H16BrNO3/c1-20-13-5-3-4-11(8-13)9-16(19)18-14-10-12(17)6-7-15(14)21-2/h3-8,10H,9H2,1-2H3,(H,18,19). The molecule has 110 valence electrons. The summed E-state index contributed by atoms with van der Waals surface area (Å²) in [5.41, 5.74) is 1.53. The van der Waals surface area contributed by atoms with Gasteiger partial charge in [0, 0.05) is 4.47 Å². The lowest BCUT2D eigenvalue weighted by atomic mass is 10.1. The van der Waals surface area contributed by atoms with Gasteiger partial charge in [0.15, 0.2) is 0 Å². The zero-order valence-electron chi connectivity index (χ0n) is 11.9. The molecule has 0 fully saturated rings. The van der Waals surface area contributed by atoms with Crippen LogP contribution in [0.5, 0.6) is 11.5 Å². The molecule has 0 radical (unpaired) electrons. The highest BCUT2D eigenvalue weighted by Gasteiger charge is 2.09. The Morgan fingerprint density at radius 2 is 1.95 bits per heavy atom. The molecular formula is C16H16BrNO3. The van der Waals surface area contributed by atoms with Crippen LogP contribution in [0.3, 0.4) is 0 Å². The third-order valence-corrected chi connectivity index (χ3v) is 3.43. The van der Waals surface area contributed by atoms with Crippen LogP contribution in [0.4, 0.5) is 5.69 Å². The van der Waals surface area contributed by atoms with Crippen LogP contribution < -0.4 is 14.8 Å². The number of ether oxygens (including phenoxy) is 2. The van der Waals surface area contributed by atoms with Gasteiger partial charge in [-0.2, -0.15) is 0 Å². The van der Waals surface area contributed by atoms with E-state index in [1.54, 1.807) is 20.3 Å². The summed E-state index contributed by atoms with van der Waals surface area (Å²) >= 11 is 3.38. The predicted molar refractivity (Wildman–Crippen MR) is 86.0 cm³/mol. The smallest absolute Gasteiger partial charge is 0.228 e. The Morgan fingerprint density at radius 1 is 1.14 bits per heavy atom. The first-order chi connectivity index (χ1) is 10.1. The lowest BCUT2D eigenvalue weighted by Gasteiger charge is -2.11. The summed E-state index contributed by atoms with van der Waals surface area (Å²) in [6, 6.07) is 12.9. The van der Waals surface area contributed by atoms with Crippen molar-refractivity contribution in [3.63, 3.8) is 0 Å². The number of methoxy groups -OCH3 is 2. The van der Waals surface area contributed by atoms with Crippen molar-refractivity contribution in [1.82, 2.24) is 0 Å². The fraction of sp³-hybridized carbons (Fsp3) is 0.188. The first-order valence-corrected chi connectivity index (χ1v) is 7.18. The number of hydrogen-bond donors (Lipinski definition) is 1. The van der Waals surface area contributed by atoms with Crippen LogP contribution in [0.15, 0.2) is 46.9 Å². The molecule has 0 saturated heterocycles. The summed E-state index contributed by atoms with van der Waals surface area (Å²) in [5, 5.41) is 2.85. The van der Waals surface area contributed by atoms with Crippen LogP contribution in [0.2, 0.25) is 0 Å². The second-order valence-electron chi connectivity index (χ2n) is 4.42. The molecule has 2 aromatic carbocycles. The largest absolute Gasteiger partial charge is 0.497 e. The third-order valence-electron chi connectivity index (χ3n) is 2.93. The van der Waals surface area contributed by atoms with E-state index < -0.39 is 0 Å². The highest BCUT2D eigenvalue weighted by molar-refractivity contribution is 9.10. The van der Waals surface area contributed by atoms with E-state index in [-0.39, 0.29) is 12.3 Å².